The van der Waals surface area contributed by atoms with E-state index in [1.165, 1.54) is 20.3 Å². The molecular weight excluding hydrogens is 177 g/mol. The second-order valence-corrected chi connectivity index (χ2v) is 6.01. The van der Waals surface area contributed by atoms with Crippen molar-refractivity contribution in [3.63, 3.8) is 0 Å². The number of nitrogens with zero attached hydrogens (tertiary/aromatic N) is 1. The zero-order valence-corrected chi connectivity index (χ0v) is 9.63. The van der Waals surface area contributed by atoms with Crippen molar-refractivity contribution in [2.75, 3.05) is 34.5 Å². The molecule has 76 valence electrons. The molecule has 0 saturated carbocycles. The molecule has 0 aliphatic heterocycles. The predicted molar refractivity (Wildman–Crippen MR) is 51.8 cm³/mol. The first kappa shape index (κ1) is 14.6. The molecule has 5 heteroatoms. The van der Waals surface area contributed by atoms with Crippen LogP contribution in [0, 0.1) is 0 Å². The molecule has 0 saturated heterocycles. The summed E-state index contributed by atoms with van der Waals surface area (Å²) in [6, 6.07) is 0. The smallest absolute Gasteiger partial charge is 0.199 e. The lowest BCUT2D eigenvalue weighted by molar-refractivity contribution is 0.00368. The fourth-order valence-corrected chi connectivity index (χ4v) is 1.10. The van der Waals surface area contributed by atoms with Gasteiger partial charge in [0.15, 0.2) is 13.7 Å². The molecular formula is C7H20NO3P. The normalized spacial score (nSPS) is 13.7. The molecule has 0 aromatic rings. The van der Waals surface area contributed by atoms with Gasteiger partial charge in [-0.2, -0.15) is 0 Å². The topological polar surface area (TPSA) is 49.8 Å². The Morgan fingerprint density at radius 3 is 1.58 bits per heavy atom. The van der Waals surface area contributed by atoms with E-state index in [-0.39, 0.29) is 0 Å². The van der Waals surface area contributed by atoms with E-state index >= 15 is 0 Å². The second-order valence-electron chi connectivity index (χ2n) is 3.30. The van der Waals surface area contributed by atoms with Crippen LogP contribution in [-0.2, 0) is 9.09 Å². The quantitative estimate of drug-likeness (QED) is 0.531. The molecule has 0 amide bonds. The van der Waals surface area contributed by atoms with Gasteiger partial charge in [-0.25, -0.2) is 0 Å². The van der Waals surface area contributed by atoms with E-state index in [0.717, 1.165) is 0 Å². The molecule has 0 bridgehead atoms. The molecule has 1 unspecified atom stereocenters. The lowest BCUT2D eigenvalue weighted by atomic mass is 10.8. The highest BCUT2D eigenvalue weighted by Gasteiger charge is 2.09. The van der Waals surface area contributed by atoms with Gasteiger partial charge in [-0.05, 0) is 28.1 Å². The van der Waals surface area contributed by atoms with Crippen LogP contribution in [0.1, 0.15) is 6.92 Å². The maximum atomic E-state index is 10.6. The van der Waals surface area contributed by atoms with Crippen LogP contribution in [0.5, 0.6) is 0 Å². The number of aliphatic hydroxyl groups is 1. The summed E-state index contributed by atoms with van der Waals surface area (Å²) in [4.78, 5) is 2.00. The molecule has 0 heterocycles. The lowest BCUT2D eigenvalue weighted by Crippen LogP contribution is -2.02. The molecule has 1 atom stereocenters. The summed E-state index contributed by atoms with van der Waals surface area (Å²) in [6.07, 6.45) is -0.921. The summed E-state index contributed by atoms with van der Waals surface area (Å²) in [6.45, 7) is 4.35. The fourth-order valence-electron chi connectivity index (χ4n) is 0.367. The highest BCUT2D eigenvalue weighted by Crippen LogP contribution is 2.38. The molecule has 0 aromatic carbocycles. The third-order valence-electron chi connectivity index (χ3n) is 0.406. The third kappa shape index (κ3) is 32.1. The third-order valence-corrected chi connectivity index (χ3v) is 1.22. The van der Waals surface area contributed by atoms with E-state index in [1.54, 1.807) is 0 Å². The summed E-state index contributed by atoms with van der Waals surface area (Å²) in [5.41, 5.74) is 0. The Balaban J connectivity index is 0. The molecule has 0 aromatic heterocycles. The average molecular weight is 197 g/mol. The van der Waals surface area contributed by atoms with E-state index in [2.05, 4.69) is 4.52 Å². The van der Waals surface area contributed by atoms with Crippen molar-refractivity contribution >= 4 is 7.37 Å². The van der Waals surface area contributed by atoms with Gasteiger partial charge in [-0.1, -0.05) is 0 Å². The first-order chi connectivity index (χ1) is 5.15. The Morgan fingerprint density at radius 1 is 1.33 bits per heavy atom. The van der Waals surface area contributed by atoms with Gasteiger partial charge in [0.2, 0.25) is 0 Å². The number of hydrogen-bond acceptors (Lipinski definition) is 4. The SMILES string of the molecule is CC(O)OP(C)(C)=O.CN(C)C. The van der Waals surface area contributed by atoms with E-state index < -0.39 is 13.7 Å². The van der Waals surface area contributed by atoms with Crippen molar-refractivity contribution in [1.82, 2.24) is 4.90 Å². The first-order valence-corrected chi connectivity index (χ1v) is 6.19. The maximum Gasteiger partial charge on any atom is 0.199 e. The predicted octanol–water partition coefficient (Wildman–Crippen LogP) is 1.06. The molecule has 1 N–H and O–H groups in total. The minimum Gasteiger partial charge on any atom is -0.368 e. The Labute approximate surface area is 75.0 Å². The van der Waals surface area contributed by atoms with E-state index in [9.17, 15) is 4.57 Å². The van der Waals surface area contributed by atoms with Crippen molar-refractivity contribution in [3.8, 4) is 0 Å². The van der Waals surface area contributed by atoms with Crippen LogP contribution in [-0.4, -0.2) is 50.8 Å². The minimum atomic E-state index is -2.47. The first-order valence-electron chi connectivity index (χ1n) is 3.67. The Kier molecular flexibility index (Phi) is 8.05. The van der Waals surface area contributed by atoms with Crippen molar-refractivity contribution in [1.29, 1.82) is 0 Å². The van der Waals surface area contributed by atoms with Gasteiger partial charge in [0, 0.05) is 13.3 Å². The summed E-state index contributed by atoms with van der Waals surface area (Å²) in [5.74, 6) is 0. The summed E-state index contributed by atoms with van der Waals surface area (Å²) in [7, 11) is 3.53. The van der Waals surface area contributed by atoms with Crippen LogP contribution in [0.25, 0.3) is 0 Å². The monoisotopic (exact) mass is 197 g/mol. The van der Waals surface area contributed by atoms with Gasteiger partial charge in [-0.15, -0.1) is 0 Å². The van der Waals surface area contributed by atoms with Crippen LogP contribution < -0.4 is 0 Å². The molecule has 0 fully saturated rings. The molecule has 0 aliphatic carbocycles. The highest BCUT2D eigenvalue weighted by molar-refractivity contribution is 7.57. The van der Waals surface area contributed by atoms with Crippen LogP contribution >= 0.6 is 7.37 Å². The number of hydrogen-bond donors (Lipinski definition) is 1. The van der Waals surface area contributed by atoms with Gasteiger partial charge in [0.25, 0.3) is 0 Å². The largest absolute Gasteiger partial charge is 0.368 e. The maximum absolute atomic E-state index is 10.6. The van der Waals surface area contributed by atoms with Crippen molar-refractivity contribution in [2.45, 2.75) is 13.2 Å². The molecule has 0 radical (unpaired) electrons. The molecule has 0 spiro atoms. The number of aliphatic hydroxyl groups excluding tert-OH is 1. The van der Waals surface area contributed by atoms with Gasteiger partial charge in [0.1, 0.15) is 0 Å². The average Bonchev–Trinajstić information content (AvgIpc) is 1.52. The number of rotatable bonds is 2. The lowest BCUT2D eigenvalue weighted by Gasteiger charge is -2.09. The van der Waals surface area contributed by atoms with Crippen molar-refractivity contribution in [2.24, 2.45) is 0 Å². The molecule has 0 rings (SSSR count). The zero-order chi connectivity index (χ0) is 10.4. The Bertz CT molecular complexity index is 139. The standard InChI is InChI=1S/C4H11O3P.C3H9N/c1-4(5)7-8(2,3)6;1-4(2)3/h4-5H,1-3H3;1-3H3. The van der Waals surface area contributed by atoms with Crippen molar-refractivity contribution < 1.29 is 14.2 Å². The van der Waals surface area contributed by atoms with Gasteiger partial charge in [0.05, 0.1) is 0 Å². The molecule has 0 aliphatic rings. The van der Waals surface area contributed by atoms with Gasteiger partial charge in [-0.3, -0.25) is 9.09 Å². The second kappa shape index (κ2) is 6.61. The van der Waals surface area contributed by atoms with Gasteiger partial charge < -0.3 is 10.0 Å². The Hall–Kier alpha value is 0.110. The van der Waals surface area contributed by atoms with Crippen molar-refractivity contribution in [3.05, 3.63) is 0 Å². The fraction of sp³-hybridized carbons (Fsp3) is 1.00. The summed E-state index contributed by atoms with van der Waals surface area (Å²) >= 11 is 0. The highest BCUT2D eigenvalue weighted by atomic mass is 31.2. The van der Waals surface area contributed by atoms with E-state index in [0.29, 0.717) is 0 Å². The van der Waals surface area contributed by atoms with Crippen LogP contribution in [0.15, 0.2) is 0 Å². The van der Waals surface area contributed by atoms with Gasteiger partial charge >= 0.3 is 0 Å². The zero-order valence-electron chi connectivity index (χ0n) is 8.74. The Morgan fingerprint density at radius 2 is 1.58 bits per heavy atom. The summed E-state index contributed by atoms with van der Waals surface area (Å²) < 4.78 is 15.2. The van der Waals surface area contributed by atoms with Crippen LogP contribution in [0.4, 0.5) is 0 Å². The molecule has 4 nitrogen and oxygen atoms in total. The van der Waals surface area contributed by atoms with E-state index in [1.807, 2.05) is 26.0 Å². The van der Waals surface area contributed by atoms with Crippen LogP contribution in [0.2, 0.25) is 0 Å². The van der Waals surface area contributed by atoms with Crippen LogP contribution in [0.3, 0.4) is 0 Å². The van der Waals surface area contributed by atoms with E-state index in [4.69, 9.17) is 5.11 Å². The minimum absolute atomic E-state index is 0.921. The molecule has 12 heavy (non-hydrogen) atoms. The summed E-state index contributed by atoms with van der Waals surface area (Å²) in [5, 5.41) is 8.49.